The number of nitrogens with one attached hydrogen (secondary N) is 1. The highest BCUT2D eigenvalue weighted by atomic mass is 79.9. The van der Waals surface area contributed by atoms with E-state index in [0.29, 0.717) is 30.3 Å². The van der Waals surface area contributed by atoms with Crippen LogP contribution in [0.4, 0.5) is 10.5 Å². The highest BCUT2D eigenvalue weighted by Gasteiger charge is 2.32. The molecule has 1 atom stereocenters. The van der Waals surface area contributed by atoms with Gasteiger partial charge >= 0.3 is 6.09 Å². The van der Waals surface area contributed by atoms with Crippen LogP contribution in [0.1, 0.15) is 28.8 Å². The summed E-state index contributed by atoms with van der Waals surface area (Å²) in [6.45, 7) is 3.57. The van der Waals surface area contributed by atoms with E-state index < -0.39 is 6.09 Å². The minimum atomic E-state index is -0.582. The molecule has 1 aromatic heterocycles. The normalized spacial score (nSPS) is 18.4. The number of nitrogens with zero attached hydrogens (tertiary/aromatic N) is 2. The lowest BCUT2D eigenvalue weighted by molar-refractivity contribution is -0.117. The van der Waals surface area contributed by atoms with Crippen LogP contribution < -0.4 is 15.0 Å². The number of rotatable bonds is 4. The minimum absolute atomic E-state index is 0.00338. The maximum atomic E-state index is 12.8. The molecule has 2 aromatic rings. The van der Waals surface area contributed by atoms with Gasteiger partial charge in [0.2, 0.25) is 5.91 Å². The number of aryl methyl sites for hydroxylation is 1. The molecular formula is C22H22BrN3O4S. The summed E-state index contributed by atoms with van der Waals surface area (Å²) in [6.07, 6.45) is 4.57. The van der Waals surface area contributed by atoms with Crippen LogP contribution in [0.5, 0.6) is 5.06 Å². The number of anilines is 1. The molecule has 1 saturated heterocycles. The molecule has 0 spiro atoms. The summed E-state index contributed by atoms with van der Waals surface area (Å²) in [5.74, 6) is -0.0764. The molecule has 1 fully saturated rings. The van der Waals surface area contributed by atoms with Crippen LogP contribution in [0, 0.1) is 6.92 Å². The quantitative estimate of drug-likeness (QED) is 0.636. The van der Waals surface area contributed by atoms with Crippen LogP contribution in [0.3, 0.4) is 0 Å². The van der Waals surface area contributed by atoms with Crippen LogP contribution in [0.25, 0.3) is 0 Å². The molecule has 7 nitrogen and oxygen atoms in total. The Morgan fingerprint density at radius 2 is 2.06 bits per heavy atom. The number of thiophene rings is 1. The maximum absolute atomic E-state index is 12.8. The van der Waals surface area contributed by atoms with E-state index in [1.54, 1.807) is 29.2 Å². The number of carbonyl (C=O) groups excluding carboxylic acids is 3. The zero-order chi connectivity index (χ0) is 22.0. The van der Waals surface area contributed by atoms with Crippen molar-refractivity contribution in [3.8, 4) is 5.06 Å². The first-order chi connectivity index (χ1) is 14.9. The minimum Gasteiger partial charge on any atom is -0.399 e. The van der Waals surface area contributed by atoms with Gasteiger partial charge < -0.3 is 19.9 Å². The average Bonchev–Trinajstić information content (AvgIpc) is 3.32. The second kappa shape index (κ2) is 9.23. The largest absolute Gasteiger partial charge is 0.413 e. The molecule has 1 unspecified atom stereocenters. The summed E-state index contributed by atoms with van der Waals surface area (Å²) in [7, 11) is 0. The van der Waals surface area contributed by atoms with Gasteiger partial charge in [0, 0.05) is 37.3 Å². The summed E-state index contributed by atoms with van der Waals surface area (Å²) in [5.41, 5.74) is 2.19. The Morgan fingerprint density at radius 1 is 1.23 bits per heavy atom. The van der Waals surface area contributed by atoms with E-state index >= 15 is 0 Å². The monoisotopic (exact) mass is 503 g/mol. The molecule has 0 radical (unpaired) electrons. The molecule has 31 heavy (non-hydrogen) atoms. The van der Waals surface area contributed by atoms with Crippen LogP contribution in [-0.4, -0.2) is 48.5 Å². The van der Waals surface area contributed by atoms with E-state index in [-0.39, 0.29) is 24.3 Å². The fraction of sp³-hybridized carbons (Fsp3) is 0.318. The van der Waals surface area contributed by atoms with Crippen LogP contribution in [-0.2, 0) is 4.79 Å². The van der Waals surface area contributed by atoms with Gasteiger partial charge in [0.15, 0.2) is 5.06 Å². The highest BCUT2D eigenvalue weighted by Crippen LogP contribution is 2.29. The fourth-order valence-corrected chi connectivity index (χ4v) is 4.94. The number of ether oxygens (including phenoxy) is 1. The van der Waals surface area contributed by atoms with Gasteiger partial charge in [0.1, 0.15) is 0 Å². The molecule has 3 amide bonds. The summed E-state index contributed by atoms with van der Waals surface area (Å²) in [6, 6.07) is 8.59. The summed E-state index contributed by atoms with van der Waals surface area (Å²) in [4.78, 5) is 40.9. The number of benzene rings is 1. The molecular weight excluding hydrogens is 482 g/mol. The van der Waals surface area contributed by atoms with Gasteiger partial charge in [-0.1, -0.05) is 23.5 Å². The van der Waals surface area contributed by atoms with Crippen molar-refractivity contribution in [2.75, 3.05) is 24.5 Å². The summed E-state index contributed by atoms with van der Waals surface area (Å²) < 4.78 is 6.12. The van der Waals surface area contributed by atoms with Crippen molar-refractivity contribution in [3.05, 3.63) is 57.4 Å². The number of hydrogen-bond donors (Lipinski definition) is 1. The first-order valence-electron chi connectivity index (χ1n) is 9.99. The van der Waals surface area contributed by atoms with Gasteiger partial charge in [-0.15, -0.1) is 0 Å². The molecule has 4 rings (SSSR count). The lowest BCUT2D eigenvalue weighted by Crippen LogP contribution is -2.38. The van der Waals surface area contributed by atoms with Crippen LogP contribution in [0.15, 0.2) is 46.3 Å². The number of amides is 3. The predicted octanol–water partition coefficient (Wildman–Crippen LogP) is 4.12. The Morgan fingerprint density at radius 3 is 2.74 bits per heavy atom. The van der Waals surface area contributed by atoms with Crippen molar-refractivity contribution < 1.29 is 19.1 Å². The first kappa shape index (κ1) is 21.6. The summed E-state index contributed by atoms with van der Waals surface area (Å²) in [5, 5.41) is 3.23. The van der Waals surface area contributed by atoms with Crippen LogP contribution >= 0.6 is 27.3 Å². The van der Waals surface area contributed by atoms with Crippen molar-refractivity contribution >= 4 is 50.9 Å². The molecule has 3 heterocycles. The third kappa shape index (κ3) is 4.99. The first-order valence-corrected chi connectivity index (χ1v) is 11.6. The van der Waals surface area contributed by atoms with Crippen molar-refractivity contribution in [1.82, 2.24) is 10.2 Å². The van der Waals surface area contributed by atoms with E-state index in [2.05, 4.69) is 27.3 Å². The summed E-state index contributed by atoms with van der Waals surface area (Å²) >= 11 is 4.63. The Kier molecular flexibility index (Phi) is 6.43. The standard InChI is InChI=1S/C22H22BrN3O4S/c1-14-11-16(5-6-17(14)21(28)25-9-3-2-4-10-25)26-13-15(12-19(26)27)24-22(29)30-20-8-7-18(23)31-20/h2-3,5-8,11,15H,4,9-10,12-13H2,1H3,(H,24,29). The smallest absolute Gasteiger partial charge is 0.399 e. The molecule has 0 bridgehead atoms. The SMILES string of the molecule is Cc1cc(N2CC(NC(=O)Oc3ccc(Br)s3)CC2=O)ccc1C(=O)N1CC=CCC1. The second-order valence-electron chi connectivity index (χ2n) is 7.51. The zero-order valence-corrected chi connectivity index (χ0v) is 19.4. The molecule has 1 aromatic carbocycles. The molecule has 2 aliphatic rings. The van der Waals surface area contributed by atoms with Gasteiger partial charge in [-0.05, 0) is 65.2 Å². The lowest BCUT2D eigenvalue weighted by Gasteiger charge is -2.25. The highest BCUT2D eigenvalue weighted by molar-refractivity contribution is 9.11. The van der Waals surface area contributed by atoms with Crippen molar-refractivity contribution in [1.29, 1.82) is 0 Å². The van der Waals surface area contributed by atoms with E-state index in [1.807, 2.05) is 24.0 Å². The van der Waals surface area contributed by atoms with Crippen molar-refractivity contribution in [3.63, 3.8) is 0 Å². The predicted molar refractivity (Wildman–Crippen MR) is 123 cm³/mol. The Labute approximate surface area is 192 Å². The second-order valence-corrected chi connectivity index (χ2v) is 9.93. The Hall–Kier alpha value is -2.65. The molecule has 0 aliphatic carbocycles. The van der Waals surface area contributed by atoms with Gasteiger partial charge in [-0.3, -0.25) is 9.59 Å². The molecule has 1 N–H and O–H groups in total. The van der Waals surface area contributed by atoms with Crippen LogP contribution in [0.2, 0.25) is 0 Å². The Balaban J connectivity index is 1.39. The van der Waals surface area contributed by atoms with Crippen molar-refractivity contribution in [2.24, 2.45) is 0 Å². The number of hydrogen-bond acceptors (Lipinski definition) is 5. The average molecular weight is 504 g/mol. The molecule has 0 saturated carbocycles. The van der Waals surface area contributed by atoms with Gasteiger partial charge in [0.25, 0.3) is 5.91 Å². The number of carbonyl (C=O) groups is 3. The van der Waals surface area contributed by atoms with E-state index in [1.165, 1.54) is 11.3 Å². The van der Waals surface area contributed by atoms with Gasteiger partial charge in [-0.2, -0.15) is 0 Å². The lowest BCUT2D eigenvalue weighted by atomic mass is 10.1. The third-order valence-electron chi connectivity index (χ3n) is 5.29. The topological polar surface area (TPSA) is 79.0 Å². The van der Waals surface area contributed by atoms with E-state index in [9.17, 15) is 14.4 Å². The van der Waals surface area contributed by atoms with Crippen molar-refractivity contribution in [2.45, 2.75) is 25.8 Å². The molecule has 2 aliphatic heterocycles. The Bertz CT molecular complexity index is 1050. The van der Waals surface area contributed by atoms with E-state index in [4.69, 9.17) is 4.74 Å². The van der Waals surface area contributed by atoms with Gasteiger partial charge in [-0.25, -0.2) is 4.79 Å². The molecule has 162 valence electrons. The van der Waals surface area contributed by atoms with E-state index in [0.717, 1.165) is 21.5 Å². The van der Waals surface area contributed by atoms with Gasteiger partial charge in [0.05, 0.1) is 9.83 Å². The number of halogens is 1. The third-order valence-corrected chi connectivity index (χ3v) is 6.79. The maximum Gasteiger partial charge on any atom is 0.413 e. The zero-order valence-electron chi connectivity index (χ0n) is 17.0. The fourth-order valence-electron chi connectivity index (χ4n) is 3.75. The molecule has 9 heteroatoms.